The molecule has 10 nitrogen and oxygen atoms in total. The van der Waals surface area contributed by atoms with Crippen molar-refractivity contribution < 1.29 is 33.4 Å². The van der Waals surface area contributed by atoms with Gasteiger partial charge in [0, 0.05) is 31.3 Å². The number of amides is 3. The van der Waals surface area contributed by atoms with Crippen molar-refractivity contribution in [3.8, 4) is 0 Å². The van der Waals surface area contributed by atoms with Crippen LogP contribution in [0.2, 0.25) is 0 Å². The van der Waals surface area contributed by atoms with Gasteiger partial charge >= 0.3 is 12.1 Å². The predicted octanol–water partition coefficient (Wildman–Crippen LogP) is 4.51. The number of ether oxygens (including phenoxy) is 3. The van der Waals surface area contributed by atoms with Crippen LogP contribution in [0.1, 0.15) is 60.8 Å². The van der Waals surface area contributed by atoms with Crippen molar-refractivity contribution in [2.75, 3.05) is 7.11 Å². The summed E-state index contributed by atoms with van der Waals surface area (Å²) >= 11 is 0. The molecule has 0 bridgehead atoms. The smallest absolute Gasteiger partial charge is 0.404 e. The molecule has 226 valence electrons. The Bertz CT molecular complexity index is 1090. The van der Waals surface area contributed by atoms with Crippen LogP contribution in [0.5, 0.6) is 0 Å². The molecule has 41 heavy (non-hydrogen) atoms. The molecule has 0 fully saturated rings. The summed E-state index contributed by atoms with van der Waals surface area (Å²) in [6.45, 7) is 11.3. The number of carbonyl (C=O) groups excluding carboxylic acids is 4. The number of cyclic esters (lactones) is 1. The van der Waals surface area contributed by atoms with E-state index in [-0.39, 0.29) is 23.7 Å². The summed E-state index contributed by atoms with van der Waals surface area (Å²) in [6.07, 6.45) is 16.9. The number of nitrogens with two attached hydrogens (primary N) is 1. The largest absolute Gasteiger partial charge is 0.490 e. The molecule has 0 aromatic heterocycles. The van der Waals surface area contributed by atoms with Gasteiger partial charge in [0.1, 0.15) is 18.2 Å². The van der Waals surface area contributed by atoms with E-state index in [1.54, 1.807) is 24.3 Å². The Hall–Kier alpha value is -4.08. The highest BCUT2D eigenvalue weighted by Gasteiger charge is 2.32. The molecular formula is C31H45N3O7. The maximum atomic E-state index is 12.8. The van der Waals surface area contributed by atoms with Crippen LogP contribution in [-0.2, 0) is 28.6 Å². The van der Waals surface area contributed by atoms with E-state index >= 15 is 0 Å². The number of methoxy groups -OCH3 is 1. The second kappa shape index (κ2) is 17.6. The Morgan fingerprint density at radius 1 is 1.17 bits per heavy atom. The van der Waals surface area contributed by atoms with E-state index in [0.29, 0.717) is 19.3 Å². The quantitative estimate of drug-likeness (QED) is 0.120. The third-order valence-corrected chi connectivity index (χ3v) is 6.12. The standard InChI is InChI=1S/C31H45N3O7/c1-8-9-14-23(40-30(32)38)15-12-19-33-28(36)27(31(4,5)6)34-26(35)16-11-10-13-21(2)20-22(3)24-17-18-25(39-7)29(37)41-24/h8-13,16,18-20,22-24,27H,14-15,17H2,1-7H3,(H2,32,38)(H,33,36)(H,34,35)/b9-8-,13-10-,16-11-,19-12-,21-20+/t22-,23-,24-,27+/m0/s1. The van der Waals surface area contributed by atoms with E-state index in [0.717, 1.165) is 5.57 Å². The molecule has 4 N–H and O–H groups in total. The first-order valence-corrected chi connectivity index (χ1v) is 13.6. The van der Waals surface area contributed by atoms with Gasteiger partial charge in [-0.3, -0.25) is 9.59 Å². The zero-order valence-corrected chi connectivity index (χ0v) is 25.1. The fourth-order valence-corrected chi connectivity index (χ4v) is 3.92. The molecule has 1 aliphatic rings. The summed E-state index contributed by atoms with van der Waals surface area (Å²) in [5.74, 6) is -1.05. The summed E-state index contributed by atoms with van der Waals surface area (Å²) in [7, 11) is 1.44. The summed E-state index contributed by atoms with van der Waals surface area (Å²) in [5, 5.41) is 5.44. The minimum atomic E-state index is -0.859. The molecule has 0 aromatic carbocycles. The van der Waals surface area contributed by atoms with E-state index in [1.807, 2.05) is 65.8 Å². The van der Waals surface area contributed by atoms with Crippen LogP contribution in [0.4, 0.5) is 4.79 Å². The molecular weight excluding hydrogens is 526 g/mol. The average molecular weight is 572 g/mol. The second-order valence-electron chi connectivity index (χ2n) is 10.8. The Labute approximate surface area is 243 Å². The normalized spacial score (nSPS) is 18.7. The molecule has 4 atom stereocenters. The van der Waals surface area contributed by atoms with Gasteiger partial charge in [-0.05, 0) is 31.5 Å². The second-order valence-corrected chi connectivity index (χ2v) is 10.8. The lowest BCUT2D eigenvalue weighted by Crippen LogP contribution is -2.52. The Morgan fingerprint density at radius 2 is 1.83 bits per heavy atom. The van der Waals surface area contributed by atoms with Crippen molar-refractivity contribution in [3.63, 3.8) is 0 Å². The number of hydrogen-bond acceptors (Lipinski definition) is 7. The maximum Gasteiger partial charge on any atom is 0.404 e. The maximum absolute atomic E-state index is 12.8. The zero-order valence-electron chi connectivity index (χ0n) is 25.1. The van der Waals surface area contributed by atoms with Crippen LogP contribution in [0.3, 0.4) is 0 Å². The number of carbonyl (C=O) groups is 4. The lowest BCUT2D eigenvalue weighted by atomic mass is 9.86. The molecule has 1 aliphatic heterocycles. The molecule has 0 aliphatic carbocycles. The Morgan fingerprint density at radius 3 is 2.41 bits per heavy atom. The lowest BCUT2D eigenvalue weighted by Gasteiger charge is -2.29. The number of primary amides is 1. The molecule has 0 unspecified atom stereocenters. The first-order chi connectivity index (χ1) is 19.3. The molecule has 10 heteroatoms. The van der Waals surface area contributed by atoms with E-state index < -0.39 is 35.5 Å². The monoisotopic (exact) mass is 571 g/mol. The fourth-order valence-electron chi connectivity index (χ4n) is 3.92. The minimum absolute atomic E-state index is 0.0135. The van der Waals surface area contributed by atoms with Crippen LogP contribution in [0.15, 0.2) is 72.2 Å². The van der Waals surface area contributed by atoms with E-state index in [9.17, 15) is 19.2 Å². The number of nitrogens with one attached hydrogen (secondary N) is 2. The third kappa shape index (κ3) is 13.7. The van der Waals surface area contributed by atoms with Gasteiger partial charge in [0.05, 0.1) is 7.11 Å². The molecule has 0 aromatic rings. The molecule has 0 saturated carbocycles. The molecule has 0 saturated heterocycles. The third-order valence-electron chi connectivity index (χ3n) is 6.12. The van der Waals surface area contributed by atoms with Crippen molar-refractivity contribution in [2.45, 2.75) is 79.1 Å². The highest BCUT2D eigenvalue weighted by atomic mass is 16.6. The van der Waals surface area contributed by atoms with E-state index in [1.165, 1.54) is 19.4 Å². The van der Waals surface area contributed by atoms with Gasteiger partial charge in [-0.25, -0.2) is 9.59 Å². The van der Waals surface area contributed by atoms with E-state index in [2.05, 4.69) is 10.6 Å². The Balaban J connectivity index is 2.69. The van der Waals surface area contributed by atoms with Gasteiger partial charge in [0.2, 0.25) is 11.8 Å². The number of rotatable bonds is 14. The van der Waals surface area contributed by atoms with E-state index in [4.69, 9.17) is 19.9 Å². The number of esters is 1. The first kappa shape index (κ1) is 34.9. The molecule has 1 rings (SSSR count). The van der Waals surface area contributed by atoms with Crippen LogP contribution in [-0.4, -0.2) is 49.2 Å². The molecule has 3 amide bonds. The number of allylic oxidation sites excluding steroid dienone is 5. The van der Waals surface area contributed by atoms with Crippen molar-refractivity contribution in [1.82, 2.24) is 10.6 Å². The number of hydrogen-bond donors (Lipinski definition) is 3. The Kier molecular flexibility index (Phi) is 15.0. The molecule has 1 heterocycles. The highest BCUT2D eigenvalue weighted by molar-refractivity contribution is 5.93. The molecule has 0 spiro atoms. The predicted molar refractivity (Wildman–Crippen MR) is 158 cm³/mol. The summed E-state index contributed by atoms with van der Waals surface area (Å²) < 4.78 is 15.5. The van der Waals surface area contributed by atoms with Crippen LogP contribution >= 0.6 is 0 Å². The van der Waals surface area contributed by atoms with Gasteiger partial charge in [-0.15, -0.1) is 0 Å². The van der Waals surface area contributed by atoms with Gasteiger partial charge in [0.25, 0.3) is 0 Å². The average Bonchev–Trinajstić information content (AvgIpc) is 2.89. The SMILES string of the molecule is C/C=C\C[C@@H](C/C=C\NC(=O)[C@@H](NC(=O)\C=C/C=C\C(C)=C\[C@H](C)[C@@H]1CC=C(OC)C(=O)O1)C(C)(C)C)OC(N)=O. The zero-order chi connectivity index (χ0) is 31.0. The topological polar surface area (TPSA) is 146 Å². The van der Waals surface area contributed by atoms with Crippen LogP contribution in [0.25, 0.3) is 0 Å². The van der Waals surface area contributed by atoms with Gasteiger partial charge in [-0.2, -0.15) is 0 Å². The van der Waals surface area contributed by atoms with Crippen molar-refractivity contribution >= 4 is 23.9 Å². The fraction of sp³-hybridized carbons (Fsp3) is 0.484. The summed E-state index contributed by atoms with van der Waals surface area (Å²) in [4.78, 5) is 48.4. The highest BCUT2D eigenvalue weighted by Crippen LogP contribution is 2.23. The van der Waals surface area contributed by atoms with Gasteiger partial charge in [-0.1, -0.05) is 75.8 Å². The molecule has 0 radical (unpaired) electrons. The van der Waals surface area contributed by atoms with Crippen LogP contribution in [0, 0.1) is 11.3 Å². The van der Waals surface area contributed by atoms with Crippen LogP contribution < -0.4 is 16.4 Å². The van der Waals surface area contributed by atoms with Gasteiger partial charge in [0.15, 0.2) is 5.76 Å². The van der Waals surface area contributed by atoms with Gasteiger partial charge < -0.3 is 30.6 Å². The summed E-state index contributed by atoms with van der Waals surface area (Å²) in [6, 6.07) is -0.803. The lowest BCUT2D eigenvalue weighted by molar-refractivity contribution is -0.151. The minimum Gasteiger partial charge on any atom is -0.490 e. The first-order valence-electron chi connectivity index (χ1n) is 13.6. The van der Waals surface area contributed by atoms with Crippen molar-refractivity contribution in [3.05, 3.63) is 72.2 Å². The van der Waals surface area contributed by atoms with Crippen molar-refractivity contribution in [1.29, 1.82) is 0 Å². The van der Waals surface area contributed by atoms with Crippen molar-refractivity contribution in [2.24, 2.45) is 17.1 Å². The summed E-state index contributed by atoms with van der Waals surface area (Å²) in [5.41, 5.74) is 5.50.